The molecule has 0 spiro atoms. The molecule has 8 heteroatoms. The summed E-state index contributed by atoms with van der Waals surface area (Å²) in [5.41, 5.74) is -0.00402. The van der Waals surface area contributed by atoms with Gasteiger partial charge in [0.1, 0.15) is 11.4 Å². The smallest absolute Gasteiger partial charge is 0.240 e. The predicted molar refractivity (Wildman–Crippen MR) is 93.0 cm³/mol. The van der Waals surface area contributed by atoms with Crippen molar-refractivity contribution in [3.8, 4) is 17.2 Å². The third-order valence-electron chi connectivity index (χ3n) is 4.57. The number of rotatable bonds is 5. The van der Waals surface area contributed by atoms with Gasteiger partial charge in [-0.3, -0.25) is 0 Å². The van der Waals surface area contributed by atoms with Crippen LogP contribution in [0.2, 0.25) is 0 Å². The number of ether oxygens (including phenoxy) is 3. The van der Waals surface area contributed by atoms with Crippen LogP contribution in [0.25, 0.3) is 0 Å². The third kappa shape index (κ3) is 3.11. The van der Waals surface area contributed by atoms with Gasteiger partial charge in [-0.2, -0.15) is 0 Å². The predicted octanol–water partition coefficient (Wildman–Crippen LogP) is 1.54. The van der Waals surface area contributed by atoms with Gasteiger partial charge in [-0.25, -0.2) is 13.1 Å². The van der Waals surface area contributed by atoms with E-state index in [1.54, 1.807) is 37.3 Å². The van der Waals surface area contributed by atoms with Gasteiger partial charge in [0, 0.05) is 13.0 Å². The first-order chi connectivity index (χ1) is 12.4. The van der Waals surface area contributed by atoms with Crippen molar-refractivity contribution in [1.29, 1.82) is 0 Å². The Morgan fingerprint density at radius 1 is 1.08 bits per heavy atom. The monoisotopic (exact) mass is 377 g/mol. The summed E-state index contributed by atoms with van der Waals surface area (Å²) in [6.07, 6.45) is 0.688. The summed E-state index contributed by atoms with van der Waals surface area (Å²) in [6, 6.07) is 9.81. The van der Waals surface area contributed by atoms with Crippen LogP contribution in [0.15, 0.2) is 41.3 Å². The fraction of sp³-hybridized carbons (Fsp3) is 0.333. The molecule has 0 aliphatic carbocycles. The second-order valence-corrected chi connectivity index (χ2v) is 8.30. The van der Waals surface area contributed by atoms with Crippen LogP contribution in [-0.4, -0.2) is 33.5 Å². The standard InChI is InChI=1S/C18H19NO6S/c1-18(20,13-2-4-16-17(9-13)25-11-24-16)10-19-26(21,22)14-3-5-15-12(8-14)6-7-23-15/h2-5,8-9,19-20H,6-7,10-11H2,1H3/t18-/m0/s1. The molecule has 0 bridgehead atoms. The Labute approximate surface area is 151 Å². The fourth-order valence-corrected chi connectivity index (χ4v) is 4.16. The van der Waals surface area contributed by atoms with E-state index in [1.165, 1.54) is 6.07 Å². The molecule has 26 heavy (non-hydrogen) atoms. The van der Waals surface area contributed by atoms with Gasteiger partial charge in [0.2, 0.25) is 16.8 Å². The third-order valence-corrected chi connectivity index (χ3v) is 5.97. The Bertz CT molecular complexity index is 954. The number of fused-ring (bicyclic) bond motifs is 2. The van der Waals surface area contributed by atoms with E-state index in [9.17, 15) is 13.5 Å². The van der Waals surface area contributed by atoms with Gasteiger partial charge in [0.05, 0.1) is 11.5 Å². The minimum atomic E-state index is -3.76. The molecule has 0 saturated heterocycles. The second kappa shape index (κ2) is 6.15. The van der Waals surface area contributed by atoms with Gasteiger partial charge in [0.25, 0.3) is 0 Å². The molecule has 2 aliphatic rings. The highest BCUT2D eigenvalue weighted by molar-refractivity contribution is 7.89. The number of nitrogens with one attached hydrogen (secondary N) is 1. The maximum absolute atomic E-state index is 12.6. The van der Waals surface area contributed by atoms with E-state index < -0.39 is 15.6 Å². The lowest BCUT2D eigenvalue weighted by atomic mass is 9.96. The quantitative estimate of drug-likeness (QED) is 0.821. The van der Waals surface area contributed by atoms with E-state index in [0.717, 1.165) is 11.3 Å². The average molecular weight is 377 g/mol. The second-order valence-electron chi connectivity index (χ2n) is 6.53. The molecule has 0 radical (unpaired) electrons. The first-order valence-corrected chi connectivity index (χ1v) is 9.71. The molecule has 0 amide bonds. The number of sulfonamides is 1. The highest BCUT2D eigenvalue weighted by atomic mass is 32.2. The zero-order chi connectivity index (χ0) is 18.4. The molecule has 2 aromatic rings. The van der Waals surface area contributed by atoms with Crippen LogP contribution in [0.3, 0.4) is 0 Å². The zero-order valence-electron chi connectivity index (χ0n) is 14.2. The van der Waals surface area contributed by atoms with E-state index in [0.29, 0.717) is 30.1 Å². The summed E-state index contributed by atoms with van der Waals surface area (Å²) in [4.78, 5) is 0.156. The lowest BCUT2D eigenvalue weighted by molar-refractivity contribution is 0.0625. The first kappa shape index (κ1) is 17.1. The molecular formula is C18H19NO6S. The summed E-state index contributed by atoms with van der Waals surface area (Å²) in [5, 5.41) is 10.7. The molecule has 4 rings (SSSR count). The van der Waals surface area contributed by atoms with E-state index >= 15 is 0 Å². The number of hydrogen-bond acceptors (Lipinski definition) is 6. The van der Waals surface area contributed by atoms with Crippen molar-refractivity contribution in [3.05, 3.63) is 47.5 Å². The van der Waals surface area contributed by atoms with Gasteiger partial charge in [-0.1, -0.05) is 6.07 Å². The molecule has 0 saturated carbocycles. The van der Waals surface area contributed by atoms with Crippen LogP contribution in [0.4, 0.5) is 0 Å². The van der Waals surface area contributed by atoms with Crippen LogP contribution in [0.5, 0.6) is 17.2 Å². The van der Waals surface area contributed by atoms with Crippen molar-refractivity contribution in [3.63, 3.8) is 0 Å². The summed E-state index contributed by atoms with van der Waals surface area (Å²) >= 11 is 0. The molecule has 7 nitrogen and oxygen atoms in total. The van der Waals surface area contributed by atoms with Crippen LogP contribution in [0.1, 0.15) is 18.1 Å². The first-order valence-electron chi connectivity index (χ1n) is 8.23. The SMILES string of the molecule is C[C@](O)(CNS(=O)(=O)c1ccc2c(c1)CCO2)c1ccc2c(c1)OCO2. The highest BCUT2D eigenvalue weighted by Crippen LogP contribution is 2.35. The van der Waals surface area contributed by atoms with Crippen LogP contribution in [0, 0.1) is 0 Å². The molecule has 2 aromatic carbocycles. The lowest BCUT2D eigenvalue weighted by Crippen LogP contribution is -2.38. The number of benzene rings is 2. The Morgan fingerprint density at radius 3 is 2.69 bits per heavy atom. The molecule has 1 atom stereocenters. The van der Waals surface area contributed by atoms with Crippen LogP contribution < -0.4 is 18.9 Å². The lowest BCUT2D eigenvalue weighted by Gasteiger charge is -2.24. The zero-order valence-corrected chi connectivity index (χ0v) is 15.0. The van der Waals surface area contributed by atoms with E-state index in [-0.39, 0.29) is 18.2 Å². The normalized spacial score (nSPS) is 17.5. The van der Waals surface area contributed by atoms with Gasteiger partial charge >= 0.3 is 0 Å². The number of hydrogen-bond donors (Lipinski definition) is 2. The van der Waals surface area contributed by atoms with Gasteiger partial charge in [-0.05, 0) is 48.4 Å². The van der Waals surface area contributed by atoms with Crippen molar-refractivity contribution in [2.45, 2.75) is 23.8 Å². The molecule has 2 aliphatic heterocycles. The Balaban J connectivity index is 1.51. The van der Waals surface area contributed by atoms with Crippen molar-refractivity contribution in [1.82, 2.24) is 4.72 Å². The van der Waals surface area contributed by atoms with Crippen molar-refractivity contribution < 1.29 is 27.7 Å². The molecule has 0 aromatic heterocycles. The van der Waals surface area contributed by atoms with E-state index in [4.69, 9.17) is 14.2 Å². The summed E-state index contributed by atoms with van der Waals surface area (Å²) in [6.45, 7) is 2.06. The van der Waals surface area contributed by atoms with Gasteiger partial charge in [-0.15, -0.1) is 0 Å². The number of aliphatic hydroxyl groups is 1. The maximum atomic E-state index is 12.6. The maximum Gasteiger partial charge on any atom is 0.240 e. The Hall–Kier alpha value is -2.29. The molecule has 0 fully saturated rings. The summed E-state index contributed by atoms with van der Waals surface area (Å²) in [5.74, 6) is 1.85. The van der Waals surface area contributed by atoms with Crippen LogP contribution >= 0.6 is 0 Å². The fourth-order valence-electron chi connectivity index (χ4n) is 2.98. The van der Waals surface area contributed by atoms with E-state index in [1.807, 2.05) is 0 Å². The summed E-state index contributed by atoms with van der Waals surface area (Å²) < 4.78 is 43.6. The minimum absolute atomic E-state index is 0.135. The summed E-state index contributed by atoms with van der Waals surface area (Å²) in [7, 11) is -3.76. The molecule has 2 N–H and O–H groups in total. The van der Waals surface area contributed by atoms with Crippen molar-refractivity contribution in [2.24, 2.45) is 0 Å². The molecule has 2 heterocycles. The van der Waals surface area contributed by atoms with Crippen molar-refractivity contribution >= 4 is 10.0 Å². The largest absolute Gasteiger partial charge is 0.493 e. The van der Waals surface area contributed by atoms with Crippen molar-refractivity contribution in [2.75, 3.05) is 19.9 Å². The average Bonchev–Trinajstić information content (AvgIpc) is 3.27. The molecule has 138 valence electrons. The Morgan fingerprint density at radius 2 is 1.85 bits per heavy atom. The molecule has 0 unspecified atom stereocenters. The van der Waals surface area contributed by atoms with E-state index in [2.05, 4.69) is 4.72 Å². The highest BCUT2D eigenvalue weighted by Gasteiger charge is 2.29. The van der Waals surface area contributed by atoms with Gasteiger partial charge < -0.3 is 19.3 Å². The topological polar surface area (TPSA) is 94.1 Å². The van der Waals surface area contributed by atoms with Gasteiger partial charge in [0.15, 0.2) is 11.5 Å². The molecular weight excluding hydrogens is 358 g/mol. The minimum Gasteiger partial charge on any atom is -0.493 e. The Kier molecular flexibility index (Phi) is 4.06. The van der Waals surface area contributed by atoms with Crippen LogP contribution in [-0.2, 0) is 22.0 Å².